The minimum atomic E-state index is 0.00262. The Kier molecular flexibility index (Phi) is 7.57. The predicted octanol–water partition coefficient (Wildman–Crippen LogP) is 3.48. The molecule has 1 aliphatic heterocycles. The van der Waals surface area contributed by atoms with E-state index in [1.54, 1.807) is 0 Å². The largest absolute Gasteiger partial charge is 0.494 e. The van der Waals surface area contributed by atoms with Gasteiger partial charge in [-0.05, 0) is 65.8 Å². The van der Waals surface area contributed by atoms with Gasteiger partial charge in [0.05, 0.1) is 25.4 Å². The maximum atomic E-state index is 6.16. The fourth-order valence-corrected chi connectivity index (χ4v) is 3.20. The number of guanidine groups is 1. The minimum absolute atomic E-state index is 0.00262. The zero-order valence-electron chi connectivity index (χ0n) is 16.7. The number of benzene rings is 1. The molecule has 6 nitrogen and oxygen atoms in total. The van der Waals surface area contributed by atoms with Crippen molar-refractivity contribution in [2.24, 2.45) is 10.7 Å². The summed E-state index contributed by atoms with van der Waals surface area (Å²) in [5.74, 6) is 1.91. The summed E-state index contributed by atoms with van der Waals surface area (Å²) in [5, 5.41) is 3.17. The zero-order chi connectivity index (χ0) is 19.0. The van der Waals surface area contributed by atoms with Gasteiger partial charge in [-0.2, -0.15) is 0 Å². The van der Waals surface area contributed by atoms with Crippen molar-refractivity contribution >= 4 is 11.6 Å². The van der Waals surface area contributed by atoms with Crippen molar-refractivity contribution in [3.8, 4) is 11.5 Å². The van der Waals surface area contributed by atoms with Crippen LogP contribution in [0.4, 0.5) is 5.69 Å². The number of hydrogen-bond donors (Lipinski definition) is 2. The van der Waals surface area contributed by atoms with Crippen LogP contribution in [0.2, 0.25) is 0 Å². The van der Waals surface area contributed by atoms with E-state index in [-0.39, 0.29) is 5.54 Å². The average molecular weight is 363 g/mol. The third-order valence-electron chi connectivity index (χ3n) is 4.67. The number of rotatable bonds is 8. The topological polar surface area (TPSA) is 72.1 Å². The fraction of sp³-hybridized carbons (Fsp3) is 0.650. The summed E-state index contributed by atoms with van der Waals surface area (Å²) in [4.78, 5) is 7.10. The SMILES string of the molecule is CCOc1ccc(OCC)c(NC(N)=NCC(C)(C)N2CCCCC2)c1. The van der Waals surface area contributed by atoms with Crippen molar-refractivity contribution in [1.82, 2.24) is 4.90 Å². The Balaban J connectivity index is 2.05. The lowest BCUT2D eigenvalue weighted by atomic mass is 9.99. The summed E-state index contributed by atoms with van der Waals surface area (Å²) in [6.07, 6.45) is 3.86. The van der Waals surface area contributed by atoms with Crippen molar-refractivity contribution in [3.63, 3.8) is 0 Å². The lowest BCUT2D eigenvalue weighted by molar-refractivity contribution is 0.102. The van der Waals surface area contributed by atoms with Crippen LogP contribution in [0.25, 0.3) is 0 Å². The molecule has 0 unspecified atom stereocenters. The van der Waals surface area contributed by atoms with Crippen LogP contribution in [-0.2, 0) is 0 Å². The molecule has 1 aliphatic rings. The molecule has 3 N–H and O–H groups in total. The first-order valence-corrected chi connectivity index (χ1v) is 9.68. The summed E-state index contributed by atoms with van der Waals surface area (Å²) >= 11 is 0. The van der Waals surface area contributed by atoms with Crippen molar-refractivity contribution < 1.29 is 9.47 Å². The van der Waals surface area contributed by atoms with Gasteiger partial charge in [-0.3, -0.25) is 9.89 Å². The van der Waals surface area contributed by atoms with E-state index in [4.69, 9.17) is 15.2 Å². The summed E-state index contributed by atoms with van der Waals surface area (Å²) in [6, 6.07) is 5.68. The van der Waals surface area contributed by atoms with Crippen LogP contribution in [-0.4, -0.2) is 49.2 Å². The molecule has 0 bridgehead atoms. The summed E-state index contributed by atoms with van der Waals surface area (Å²) in [5.41, 5.74) is 6.93. The number of anilines is 1. The lowest BCUT2D eigenvalue weighted by Crippen LogP contribution is -2.49. The average Bonchev–Trinajstić information content (AvgIpc) is 2.63. The highest BCUT2D eigenvalue weighted by Gasteiger charge is 2.27. The molecule has 0 aliphatic carbocycles. The van der Waals surface area contributed by atoms with Gasteiger partial charge >= 0.3 is 0 Å². The molecule has 0 aromatic heterocycles. The van der Waals surface area contributed by atoms with Crippen molar-refractivity contribution in [3.05, 3.63) is 18.2 Å². The standard InChI is InChI=1S/C20H34N4O2/c1-5-25-16-10-11-18(26-6-2)17(14-16)23-19(21)22-15-20(3,4)24-12-8-7-9-13-24/h10-11,14H,5-9,12-13,15H2,1-4H3,(H3,21,22,23). The number of likely N-dealkylation sites (tertiary alicyclic amines) is 1. The van der Waals surface area contributed by atoms with Crippen molar-refractivity contribution in [2.45, 2.75) is 52.5 Å². The second kappa shape index (κ2) is 9.67. The molecule has 1 aromatic carbocycles. The van der Waals surface area contributed by atoms with Crippen LogP contribution in [0.3, 0.4) is 0 Å². The maximum Gasteiger partial charge on any atom is 0.193 e. The second-order valence-electron chi connectivity index (χ2n) is 7.21. The molecule has 1 fully saturated rings. The van der Waals surface area contributed by atoms with Gasteiger partial charge in [0.1, 0.15) is 11.5 Å². The van der Waals surface area contributed by atoms with Crippen molar-refractivity contribution in [2.75, 3.05) is 38.2 Å². The van der Waals surface area contributed by atoms with Crippen molar-refractivity contribution in [1.29, 1.82) is 0 Å². The van der Waals surface area contributed by atoms with Gasteiger partial charge in [0, 0.05) is 11.6 Å². The number of nitrogens with zero attached hydrogens (tertiary/aromatic N) is 2. The third kappa shape index (κ3) is 5.80. The van der Waals surface area contributed by atoms with Crippen LogP contribution in [0.15, 0.2) is 23.2 Å². The molecule has 0 spiro atoms. The number of piperidine rings is 1. The molecule has 0 saturated carbocycles. The Bertz CT molecular complexity index is 595. The normalized spacial score (nSPS) is 16.4. The molecule has 1 heterocycles. The quantitative estimate of drug-likeness (QED) is 0.547. The van der Waals surface area contributed by atoms with E-state index in [1.807, 2.05) is 32.0 Å². The number of aliphatic imine (C=N–C) groups is 1. The number of hydrogen-bond acceptors (Lipinski definition) is 4. The Morgan fingerprint density at radius 1 is 1.15 bits per heavy atom. The predicted molar refractivity (Wildman–Crippen MR) is 108 cm³/mol. The molecule has 0 amide bonds. The third-order valence-corrected chi connectivity index (χ3v) is 4.67. The summed E-state index contributed by atoms with van der Waals surface area (Å²) in [6.45, 7) is 12.5. The van der Waals surface area contributed by atoms with Gasteiger partial charge in [0.2, 0.25) is 0 Å². The molecular formula is C20H34N4O2. The van der Waals surface area contributed by atoms with Gasteiger partial charge < -0.3 is 20.5 Å². The number of nitrogens with one attached hydrogen (secondary N) is 1. The first kappa shape index (κ1) is 20.4. The molecule has 1 aromatic rings. The van der Waals surface area contributed by atoms with E-state index in [0.717, 1.165) is 30.3 Å². The van der Waals surface area contributed by atoms with Gasteiger partial charge in [-0.1, -0.05) is 6.42 Å². The highest BCUT2D eigenvalue weighted by Crippen LogP contribution is 2.29. The van der Waals surface area contributed by atoms with E-state index >= 15 is 0 Å². The summed E-state index contributed by atoms with van der Waals surface area (Å²) < 4.78 is 11.2. The van der Waals surface area contributed by atoms with E-state index in [1.165, 1.54) is 19.3 Å². The minimum Gasteiger partial charge on any atom is -0.494 e. The first-order chi connectivity index (χ1) is 12.5. The van der Waals surface area contributed by atoms with Crippen LogP contribution < -0.4 is 20.5 Å². The van der Waals surface area contributed by atoms with E-state index in [9.17, 15) is 0 Å². The molecule has 2 rings (SSSR count). The van der Waals surface area contributed by atoms with Gasteiger partial charge in [0.25, 0.3) is 0 Å². The van der Waals surface area contributed by atoms with E-state index < -0.39 is 0 Å². The van der Waals surface area contributed by atoms with Crippen LogP contribution >= 0.6 is 0 Å². The molecule has 146 valence electrons. The van der Waals surface area contributed by atoms with Crippen LogP contribution in [0.1, 0.15) is 47.0 Å². The van der Waals surface area contributed by atoms with E-state index in [2.05, 4.69) is 29.1 Å². The van der Waals surface area contributed by atoms with Crippen LogP contribution in [0, 0.1) is 0 Å². The van der Waals surface area contributed by atoms with Gasteiger partial charge in [-0.15, -0.1) is 0 Å². The summed E-state index contributed by atoms with van der Waals surface area (Å²) in [7, 11) is 0. The highest BCUT2D eigenvalue weighted by atomic mass is 16.5. The van der Waals surface area contributed by atoms with Gasteiger partial charge in [-0.25, -0.2) is 0 Å². The molecular weight excluding hydrogens is 328 g/mol. The van der Waals surface area contributed by atoms with Gasteiger partial charge in [0.15, 0.2) is 5.96 Å². The van der Waals surface area contributed by atoms with Crippen LogP contribution in [0.5, 0.6) is 11.5 Å². The Morgan fingerprint density at radius 3 is 2.50 bits per heavy atom. The number of ether oxygens (including phenoxy) is 2. The number of nitrogens with two attached hydrogens (primary N) is 1. The smallest absolute Gasteiger partial charge is 0.193 e. The zero-order valence-corrected chi connectivity index (χ0v) is 16.7. The molecule has 6 heteroatoms. The Labute approximate surface area is 157 Å². The Morgan fingerprint density at radius 2 is 1.85 bits per heavy atom. The Hall–Kier alpha value is -1.95. The first-order valence-electron chi connectivity index (χ1n) is 9.68. The monoisotopic (exact) mass is 362 g/mol. The van der Waals surface area contributed by atoms with E-state index in [0.29, 0.717) is 25.7 Å². The second-order valence-corrected chi connectivity index (χ2v) is 7.21. The fourth-order valence-electron chi connectivity index (χ4n) is 3.20. The molecule has 26 heavy (non-hydrogen) atoms. The lowest BCUT2D eigenvalue weighted by Gasteiger charge is -2.40. The highest BCUT2D eigenvalue weighted by molar-refractivity contribution is 5.94. The molecule has 1 saturated heterocycles. The maximum absolute atomic E-state index is 6.16. The molecule has 0 atom stereocenters. The molecule has 0 radical (unpaired) electrons.